The zero-order valence-electron chi connectivity index (χ0n) is 12.4. The van der Waals surface area contributed by atoms with Crippen LogP contribution in [0, 0.1) is 17.3 Å². The molecule has 4 heteroatoms. The molecule has 0 amide bonds. The van der Waals surface area contributed by atoms with Gasteiger partial charge in [0.2, 0.25) is 0 Å². The summed E-state index contributed by atoms with van der Waals surface area (Å²) in [4.78, 5) is 23.1. The standard InChI is InChI=1S/C17H20O4/c1-9-12-5-7-17(4)8-6-13(20-11(3)18)10(2)14(17)15(12)21-16(9)19/h6,8,12-15H,1-2,5,7H2,3-4H3. The normalized spacial score (nSPS) is 41.3. The van der Waals surface area contributed by atoms with Crippen molar-refractivity contribution < 1.29 is 19.1 Å². The second-order valence-corrected chi connectivity index (χ2v) is 6.49. The minimum Gasteiger partial charge on any atom is -0.458 e. The number of hydrogen-bond acceptors (Lipinski definition) is 4. The summed E-state index contributed by atoms with van der Waals surface area (Å²) in [6.07, 6.45) is 5.14. The molecule has 1 saturated carbocycles. The fourth-order valence-electron chi connectivity index (χ4n) is 3.99. The number of esters is 2. The van der Waals surface area contributed by atoms with Crippen LogP contribution in [0.3, 0.4) is 0 Å². The molecular weight excluding hydrogens is 268 g/mol. The van der Waals surface area contributed by atoms with E-state index in [2.05, 4.69) is 26.2 Å². The smallest absolute Gasteiger partial charge is 0.334 e. The lowest BCUT2D eigenvalue weighted by atomic mass is 9.57. The minimum absolute atomic E-state index is 0.0335. The highest BCUT2D eigenvalue weighted by Crippen LogP contribution is 2.55. The summed E-state index contributed by atoms with van der Waals surface area (Å²) in [5.41, 5.74) is 1.26. The van der Waals surface area contributed by atoms with Gasteiger partial charge in [0.25, 0.3) is 0 Å². The Kier molecular flexibility index (Phi) is 3.08. The Labute approximate surface area is 124 Å². The molecular formula is C17H20O4. The summed E-state index contributed by atoms with van der Waals surface area (Å²) in [7, 11) is 0. The van der Waals surface area contributed by atoms with E-state index in [0.29, 0.717) is 5.57 Å². The van der Waals surface area contributed by atoms with E-state index in [9.17, 15) is 9.59 Å². The summed E-state index contributed by atoms with van der Waals surface area (Å²) in [6.45, 7) is 11.5. The Morgan fingerprint density at radius 1 is 1.48 bits per heavy atom. The first kappa shape index (κ1) is 14.1. The largest absolute Gasteiger partial charge is 0.458 e. The molecule has 1 saturated heterocycles. The van der Waals surface area contributed by atoms with Gasteiger partial charge in [-0.2, -0.15) is 0 Å². The molecule has 0 N–H and O–H groups in total. The minimum atomic E-state index is -0.438. The molecule has 0 bridgehead atoms. The van der Waals surface area contributed by atoms with Crippen LogP contribution in [0.4, 0.5) is 0 Å². The van der Waals surface area contributed by atoms with Crippen molar-refractivity contribution in [3.63, 3.8) is 0 Å². The van der Waals surface area contributed by atoms with Gasteiger partial charge in [0.05, 0.1) is 0 Å². The topological polar surface area (TPSA) is 52.6 Å². The lowest BCUT2D eigenvalue weighted by Crippen LogP contribution is -2.48. The maximum Gasteiger partial charge on any atom is 0.334 e. The molecule has 0 aromatic rings. The number of fused-ring (bicyclic) bond motifs is 3. The van der Waals surface area contributed by atoms with Crippen LogP contribution in [0.5, 0.6) is 0 Å². The molecule has 0 aromatic carbocycles. The number of carbonyl (C=O) groups is 2. The Morgan fingerprint density at radius 3 is 2.86 bits per heavy atom. The molecule has 21 heavy (non-hydrogen) atoms. The van der Waals surface area contributed by atoms with Crippen molar-refractivity contribution in [2.24, 2.45) is 17.3 Å². The third-order valence-electron chi connectivity index (χ3n) is 5.09. The first-order valence-electron chi connectivity index (χ1n) is 7.28. The number of ether oxygens (including phenoxy) is 2. The van der Waals surface area contributed by atoms with E-state index in [1.54, 1.807) is 0 Å². The highest BCUT2D eigenvalue weighted by atomic mass is 16.6. The molecule has 5 unspecified atom stereocenters. The number of allylic oxidation sites excluding steroid dienone is 1. The molecule has 3 aliphatic rings. The molecule has 0 radical (unpaired) electrons. The van der Waals surface area contributed by atoms with Crippen molar-refractivity contribution in [1.82, 2.24) is 0 Å². The maximum absolute atomic E-state index is 11.8. The lowest BCUT2D eigenvalue weighted by molar-refractivity contribution is -0.148. The van der Waals surface area contributed by atoms with Gasteiger partial charge in [0, 0.05) is 24.3 Å². The molecule has 3 rings (SSSR count). The molecule has 2 aliphatic carbocycles. The average Bonchev–Trinajstić information content (AvgIpc) is 2.68. The Hall–Kier alpha value is -1.84. The summed E-state index contributed by atoms with van der Waals surface area (Å²) in [5, 5.41) is 0. The van der Waals surface area contributed by atoms with E-state index in [1.807, 2.05) is 6.08 Å². The fraction of sp³-hybridized carbons (Fsp3) is 0.529. The zero-order chi connectivity index (χ0) is 15.4. The van der Waals surface area contributed by atoms with Gasteiger partial charge in [-0.15, -0.1) is 0 Å². The molecule has 1 aliphatic heterocycles. The van der Waals surface area contributed by atoms with Crippen molar-refractivity contribution in [1.29, 1.82) is 0 Å². The van der Waals surface area contributed by atoms with Crippen molar-refractivity contribution >= 4 is 11.9 Å². The third-order valence-corrected chi connectivity index (χ3v) is 5.09. The number of rotatable bonds is 1. The molecule has 2 fully saturated rings. The SMILES string of the molecule is C=C1C(=O)OC2C1CCC1(C)C=CC(OC(C)=O)C(=C)C21. The first-order valence-corrected chi connectivity index (χ1v) is 7.28. The van der Waals surface area contributed by atoms with E-state index in [-0.39, 0.29) is 35.3 Å². The van der Waals surface area contributed by atoms with E-state index in [0.717, 1.165) is 18.4 Å². The van der Waals surface area contributed by atoms with E-state index in [4.69, 9.17) is 9.47 Å². The first-order chi connectivity index (χ1) is 9.83. The van der Waals surface area contributed by atoms with Gasteiger partial charge in [-0.3, -0.25) is 4.79 Å². The maximum atomic E-state index is 11.8. The second-order valence-electron chi connectivity index (χ2n) is 6.49. The Balaban J connectivity index is 1.96. The van der Waals surface area contributed by atoms with Gasteiger partial charge >= 0.3 is 11.9 Å². The van der Waals surface area contributed by atoms with Gasteiger partial charge < -0.3 is 9.47 Å². The fourth-order valence-corrected chi connectivity index (χ4v) is 3.99. The summed E-state index contributed by atoms with van der Waals surface area (Å²) >= 11 is 0. The Bertz CT molecular complexity index is 573. The van der Waals surface area contributed by atoms with Crippen LogP contribution in [0.1, 0.15) is 26.7 Å². The molecule has 1 heterocycles. The third kappa shape index (κ3) is 2.04. The van der Waals surface area contributed by atoms with E-state index < -0.39 is 6.10 Å². The van der Waals surface area contributed by atoms with Crippen LogP contribution in [0.15, 0.2) is 36.5 Å². The Morgan fingerprint density at radius 2 is 2.19 bits per heavy atom. The second kappa shape index (κ2) is 4.58. The monoisotopic (exact) mass is 288 g/mol. The number of carbonyl (C=O) groups excluding carboxylic acids is 2. The molecule has 0 spiro atoms. The summed E-state index contributed by atoms with van der Waals surface area (Å²) in [5.74, 6) is -0.624. The van der Waals surface area contributed by atoms with Crippen molar-refractivity contribution in [3.05, 3.63) is 36.5 Å². The predicted molar refractivity (Wildman–Crippen MR) is 77.2 cm³/mol. The molecule has 5 atom stereocenters. The van der Waals surface area contributed by atoms with Crippen LogP contribution in [-0.2, 0) is 19.1 Å². The number of hydrogen-bond donors (Lipinski definition) is 0. The van der Waals surface area contributed by atoms with Gasteiger partial charge in [-0.1, -0.05) is 26.2 Å². The van der Waals surface area contributed by atoms with E-state index >= 15 is 0 Å². The lowest BCUT2D eigenvalue weighted by Gasteiger charge is -2.48. The molecule has 112 valence electrons. The van der Waals surface area contributed by atoms with E-state index in [1.165, 1.54) is 6.92 Å². The highest BCUT2D eigenvalue weighted by molar-refractivity contribution is 5.91. The van der Waals surface area contributed by atoms with Gasteiger partial charge in [-0.05, 0) is 29.9 Å². The highest BCUT2D eigenvalue weighted by Gasteiger charge is 2.55. The van der Waals surface area contributed by atoms with Crippen molar-refractivity contribution in [2.75, 3.05) is 0 Å². The average molecular weight is 288 g/mol. The van der Waals surface area contributed by atoms with Gasteiger partial charge in [0.1, 0.15) is 12.2 Å². The molecule has 4 nitrogen and oxygen atoms in total. The van der Waals surface area contributed by atoms with Crippen LogP contribution in [-0.4, -0.2) is 24.1 Å². The van der Waals surface area contributed by atoms with Crippen LogP contribution in [0.25, 0.3) is 0 Å². The zero-order valence-corrected chi connectivity index (χ0v) is 12.4. The van der Waals surface area contributed by atoms with Crippen LogP contribution < -0.4 is 0 Å². The quantitative estimate of drug-likeness (QED) is 0.423. The summed E-state index contributed by atoms with van der Waals surface area (Å²) in [6, 6.07) is 0. The van der Waals surface area contributed by atoms with Gasteiger partial charge in [-0.25, -0.2) is 4.79 Å². The molecule has 0 aromatic heterocycles. The predicted octanol–water partition coefficient (Wildman–Crippen LogP) is 2.56. The van der Waals surface area contributed by atoms with Crippen LogP contribution in [0.2, 0.25) is 0 Å². The van der Waals surface area contributed by atoms with Gasteiger partial charge in [0.15, 0.2) is 0 Å². The van der Waals surface area contributed by atoms with Crippen molar-refractivity contribution in [2.45, 2.75) is 38.9 Å². The summed E-state index contributed by atoms with van der Waals surface area (Å²) < 4.78 is 10.9. The van der Waals surface area contributed by atoms with Crippen molar-refractivity contribution in [3.8, 4) is 0 Å². The van der Waals surface area contributed by atoms with Crippen LogP contribution >= 0.6 is 0 Å².